The number of hydrogen-bond acceptors (Lipinski definition) is 4. The summed E-state index contributed by atoms with van der Waals surface area (Å²) < 4.78 is 14.7. The average Bonchev–Trinajstić information content (AvgIpc) is 3.19. The molecule has 2 heterocycles. The molecule has 0 fully saturated rings. The Morgan fingerprint density at radius 2 is 1.83 bits per heavy atom. The van der Waals surface area contributed by atoms with Crippen molar-refractivity contribution in [2.24, 2.45) is 0 Å². The van der Waals surface area contributed by atoms with E-state index < -0.39 is 11.5 Å². The van der Waals surface area contributed by atoms with Crippen LogP contribution in [0.1, 0.15) is 11.1 Å². The lowest BCUT2D eigenvalue weighted by Crippen LogP contribution is -2.33. The molecule has 4 rings (SSSR count). The topological polar surface area (TPSA) is 84.0 Å². The lowest BCUT2D eigenvalue weighted by molar-refractivity contribution is -0.120. The molecule has 0 aliphatic heterocycles. The number of hydrogen-bond donors (Lipinski definition) is 2. The smallest absolute Gasteiger partial charge is 0.333 e. The van der Waals surface area contributed by atoms with Gasteiger partial charge in [0.15, 0.2) is 0 Å². The molecule has 152 valence electrons. The number of halogens is 2. The van der Waals surface area contributed by atoms with Gasteiger partial charge in [0.25, 0.3) is 5.56 Å². The maximum Gasteiger partial charge on any atom is 0.333 e. The van der Waals surface area contributed by atoms with Crippen LogP contribution in [0.4, 0.5) is 4.39 Å². The third kappa shape index (κ3) is 4.05. The number of aromatic amines is 1. The first kappa shape index (κ1) is 20.1. The van der Waals surface area contributed by atoms with Crippen molar-refractivity contribution in [3.05, 3.63) is 96.7 Å². The third-order valence-electron chi connectivity index (χ3n) is 4.54. The zero-order valence-corrected chi connectivity index (χ0v) is 17.0. The molecule has 9 heteroatoms. The molecule has 0 saturated heterocycles. The van der Waals surface area contributed by atoms with E-state index in [0.717, 1.165) is 10.1 Å². The summed E-state index contributed by atoms with van der Waals surface area (Å²) in [5.74, 6) is -0.735. The van der Waals surface area contributed by atoms with Crippen LogP contribution >= 0.6 is 22.9 Å². The number of carbonyl (C=O) groups excluding carboxylic acids is 1. The highest BCUT2D eigenvalue weighted by molar-refractivity contribution is 7.17. The summed E-state index contributed by atoms with van der Waals surface area (Å²) in [7, 11) is 0. The van der Waals surface area contributed by atoms with Gasteiger partial charge >= 0.3 is 5.69 Å². The van der Waals surface area contributed by atoms with Crippen molar-refractivity contribution < 1.29 is 9.18 Å². The number of thiophene rings is 1. The first-order chi connectivity index (χ1) is 14.4. The highest BCUT2D eigenvalue weighted by Gasteiger charge is 2.11. The van der Waals surface area contributed by atoms with E-state index in [-0.39, 0.29) is 29.5 Å². The van der Waals surface area contributed by atoms with Crippen LogP contribution in [0, 0.1) is 5.82 Å². The highest BCUT2D eigenvalue weighted by atomic mass is 35.5. The maximum absolute atomic E-state index is 13.2. The summed E-state index contributed by atoms with van der Waals surface area (Å²) in [5.41, 5.74) is 1.44. The summed E-state index contributed by atoms with van der Waals surface area (Å²) in [4.78, 5) is 39.8. The number of rotatable bonds is 5. The van der Waals surface area contributed by atoms with Gasteiger partial charge in [0.1, 0.15) is 10.5 Å². The standard InChI is InChI=1S/C21H15ClFN3O3S/c22-15-9-13(3-6-16(15)23)11-24-18(27)10-12-1-4-14(5-2-12)26-20(28)19-17(7-8-30-19)25-21(26)29/h1-9H,10-11H2,(H,24,27)(H,25,29). The zero-order chi connectivity index (χ0) is 21.3. The molecular weight excluding hydrogens is 429 g/mol. The molecule has 2 aromatic carbocycles. The minimum absolute atomic E-state index is 0.00306. The summed E-state index contributed by atoms with van der Waals surface area (Å²) in [5, 5.41) is 4.49. The van der Waals surface area contributed by atoms with Gasteiger partial charge in [-0.1, -0.05) is 29.8 Å². The highest BCUT2D eigenvalue weighted by Crippen LogP contribution is 2.16. The van der Waals surface area contributed by atoms with Gasteiger partial charge in [-0.05, 0) is 46.8 Å². The number of benzene rings is 2. The van der Waals surface area contributed by atoms with E-state index in [0.29, 0.717) is 21.5 Å². The van der Waals surface area contributed by atoms with Gasteiger partial charge in [-0.15, -0.1) is 11.3 Å². The third-order valence-corrected chi connectivity index (χ3v) is 5.73. The van der Waals surface area contributed by atoms with E-state index in [2.05, 4.69) is 10.3 Å². The Morgan fingerprint density at radius 3 is 2.57 bits per heavy atom. The predicted octanol–water partition coefficient (Wildman–Crippen LogP) is 3.39. The minimum Gasteiger partial charge on any atom is -0.352 e. The molecule has 30 heavy (non-hydrogen) atoms. The van der Waals surface area contributed by atoms with Crippen LogP contribution in [0.3, 0.4) is 0 Å². The van der Waals surface area contributed by atoms with Crippen LogP contribution in [-0.2, 0) is 17.8 Å². The molecule has 0 spiro atoms. The maximum atomic E-state index is 13.2. The lowest BCUT2D eigenvalue weighted by atomic mass is 10.1. The number of carbonyl (C=O) groups is 1. The molecule has 4 aromatic rings. The first-order valence-corrected chi connectivity index (χ1v) is 10.2. The second-order valence-corrected chi connectivity index (χ2v) is 7.93. The van der Waals surface area contributed by atoms with E-state index in [1.807, 2.05) is 0 Å². The number of aromatic nitrogens is 2. The summed E-state index contributed by atoms with van der Waals surface area (Å²) in [6.07, 6.45) is 0.115. The molecule has 2 aromatic heterocycles. The van der Waals surface area contributed by atoms with Crippen molar-refractivity contribution >= 4 is 39.1 Å². The van der Waals surface area contributed by atoms with Gasteiger partial charge in [-0.25, -0.2) is 13.8 Å². The number of nitrogens with zero attached hydrogens (tertiary/aromatic N) is 1. The van der Waals surface area contributed by atoms with Gasteiger partial charge in [-0.3, -0.25) is 9.59 Å². The average molecular weight is 444 g/mol. The lowest BCUT2D eigenvalue weighted by Gasteiger charge is -2.08. The van der Waals surface area contributed by atoms with Crippen molar-refractivity contribution in [1.29, 1.82) is 0 Å². The van der Waals surface area contributed by atoms with Crippen molar-refractivity contribution in [1.82, 2.24) is 14.9 Å². The molecule has 1 amide bonds. The van der Waals surface area contributed by atoms with E-state index in [1.165, 1.54) is 23.5 Å². The van der Waals surface area contributed by atoms with Crippen LogP contribution in [-0.4, -0.2) is 15.5 Å². The fourth-order valence-electron chi connectivity index (χ4n) is 3.03. The first-order valence-electron chi connectivity index (χ1n) is 8.95. The Morgan fingerprint density at radius 1 is 1.10 bits per heavy atom. The summed E-state index contributed by atoms with van der Waals surface area (Å²) in [6, 6.07) is 12.6. The summed E-state index contributed by atoms with van der Waals surface area (Å²) in [6.45, 7) is 0.225. The number of amides is 1. The Labute approximate surface area is 178 Å². The summed E-state index contributed by atoms with van der Waals surface area (Å²) >= 11 is 7.00. The van der Waals surface area contributed by atoms with Crippen LogP contribution in [0.2, 0.25) is 5.02 Å². The van der Waals surface area contributed by atoms with Crippen molar-refractivity contribution in [2.45, 2.75) is 13.0 Å². The van der Waals surface area contributed by atoms with Crippen molar-refractivity contribution in [3.8, 4) is 5.69 Å². The van der Waals surface area contributed by atoms with E-state index in [4.69, 9.17) is 11.6 Å². The van der Waals surface area contributed by atoms with Gasteiger partial charge < -0.3 is 10.3 Å². The molecule has 0 atom stereocenters. The van der Waals surface area contributed by atoms with Gasteiger partial charge in [0.05, 0.1) is 22.6 Å². The molecule has 0 saturated carbocycles. The Kier molecular flexibility index (Phi) is 5.52. The Balaban J connectivity index is 1.46. The SMILES string of the molecule is O=C(Cc1ccc(-n2c(=O)[nH]c3ccsc3c2=O)cc1)NCc1ccc(F)c(Cl)c1. The molecular formula is C21H15ClFN3O3S. The van der Waals surface area contributed by atoms with Crippen LogP contribution in [0.25, 0.3) is 15.9 Å². The Hall–Kier alpha value is -3.23. The molecule has 0 aliphatic carbocycles. The molecule has 0 radical (unpaired) electrons. The van der Waals surface area contributed by atoms with Gasteiger partial charge in [0.2, 0.25) is 5.91 Å². The fourth-order valence-corrected chi connectivity index (χ4v) is 4.02. The van der Waals surface area contributed by atoms with Gasteiger partial charge in [-0.2, -0.15) is 0 Å². The van der Waals surface area contributed by atoms with Crippen LogP contribution in [0.5, 0.6) is 0 Å². The fraction of sp³-hybridized carbons (Fsp3) is 0.0952. The molecule has 0 aliphatic rings. The number of fused-ring (bicyclic) bond motifs is 1. The van der Waals surface area contributed by atoms with Crippen LogP contribution in [0.15, 0.2) is 63.5 Å². The molecule has 6 nitrogen and oxygen atoms in total. The quantitative estimate of drug-likeness (QED) is 0.496. The van der Waals surface area contributed by atoms with E-state index in [1.54, 1.807) is 41.8 Å². The predicted molar refractivity (Wildman–Crippen MR) is 115 cm³/mol. The Bertz CT molecular complexity index is 1360. The second kappa shape index (κ2) is 8.25. The van der Waals surface area contributed by atoms with E-state index >= 15 is 0 Å². The molecule has 0 unspecified atom stereocenters. The molecule has 0 bridgehead atoms. The minimum atomic E-state index is -0.519. The number of H-pyrrole nitrogens is 1. The van der Waals surface area contributed by atoms with Crippen LogP contribution < -0.4 is 16.6 Å². The van der Waals surface area contributed by atoms with Crippen molar-refractivity contribution in [2.75, 3.05) is 0 Å². The largest absolute Gasteiger partial charge is 0.352 e. The van der Waals surface area contributed by atoms with Gasteiger partial charge in [0, 0.05) is 6.54 Å². The van der Waals surface area contributed by atoms with E-state index in [9.17, 15) is 18.8 Å². The number of nitrogens with one attached hydrogen (secondary N) is 2. The zero-order valence-electron chi connectivity index (χ0n) is 15.4. The molecule has 2 N–H and O–H groups in total. The second-order valence-electron chi connectivity index (χ2n) is 6.60. The van der Waals surface area contributed by atoms with Crippen molar-refractivity contribution in [3.63, 3.8) is 0 Å². The monoisotopic (exact) mass is 443 g/mol. The normalized spacial score (nSPS) is 11.0.